The molecule has 2 aromatic carbocycles. The van der Waals surface area contributed by atoms with E-state index in [0.717, 1.165) is 11.3 Å². The van der Waals surface area contributed by atoms with E-state index in [1.54, 1.807) is 6.20 Å². The van der Waals surface area contributed by atoms with Crippen molar-refractivity contribution in [2.45, 2.75) is 17.8 Å². The molecule has 0 fully saturated rings. The van der Waals surface area contributed by atoms with Crippen LogP contribution in [0.3, 0.4) is 0 Å². The summed E-state index contributed by atoms with van der Waals surface area (Å²) in [5.74, 6) is 0.725. The van der Waals surface area contributed by atoms with Gasteiger partial charge in [0.2, 0.25) is 0 Å². The average molecular weight is 333 g/mol. The van der Waals surface area contributed by atoms with Gasteiger partial charge in [-0.1, -0.05) is 60.3 Å². The standard InChI is InChI=1S/C19H15N3OS/c1-13-6-5-11-22-17(13)20-18(21-19(22)23)24-12-15-9-4-8-14-7-2-3-10-16(14)15/h2-11H,12H2,1H3. The molecular weight excluding hydrogens is 318 g/mol. The first-order valence-electron chi connectivity index (χ1n) is 7.68. The summed E-state index contributed by atoms with van der Waals surface area (Å²) in [7, 11) is 0. The molecule has 0 aliphatic rings. The van der Waals surface area contributed by atoms with E-state index in [2.05, 4.69) is 40.3 Å². The summed E-state index contributed by atoms with van der Waals surface area (Å²) in [6, 6.07) is 18.3. The SMILES string of the molecule is Cc1cccn2c(=O)nc(SCc3cccc4ccccc34)nc12. The fourth-order valence-corrected chi connectivity index (χ4v) is 3.61. The number of rotatable bonds is 3. The summed E-state index contributed by atoms with van der Waals surface area (Å²) in [5, 5.41) is 2.95. The van der Waals surface area contributed by atoms with Gasteiger partial charge in [0.1, 0.15) is 5.65 Å². The molecule has 0 aliphatic carbocycles. The molecule has 0 spiro atoms. The van der Waals surface area contributed by atoms with Crippen molar-refractivity contribution in [2.75, 3.05) is 0 Å². The Bertz CT molecular complexity index is 1100. The van der Waals surface area contributed by atoms with Crippen molar-refractivity contribution in [3.8, 4) is 0 Å². The van der Waals surface area contributed by atoms with Crippen LogP contribution < -0.4 is 5.69 Å². The second kappa shape index (κ2) is 6.09. The Morgan fingerprint density at radius 3 is 2.75 bits per heavy atom. The van der Waals surface area contributed by atoms with Gasteiger partial charge in [0, 0.05) is 11.9 Å². The first-order chi connectivity index (χ1) is 11.7. The molecule has 4 aromatic rings. The highest BCUT2D eigenvalue weighted by atomic mass is 32.2. The third-order valence-electron chi connectivity index (χ3n) is 4.00. The quantitative estimate of drug-likeness (QED) is 0.534. The first kappa shape index (κ1) is 14.9. The minimum Gasteiger partial charge on any atom is -0.251 e. The second-order valence-electron chi connectivity index (χ2n) is 5.60. The molecule has 2 heterocycles. The Labute approximate surface area is 143 Å². The Balaban J connectivity index is 1.70. The average Bonchev–Trinajstić information content (AvgIpc) is 2.61. The summed E-state index contributed by atoms with van der Waals surface area (Å²) in [6.45, 7) is 1.95. The number of thioether (sulfide) groups is 1. The lowest BCUT2D eigenvalue weighted by atomic mass is 10.1. The van der Waals surface area contributed by atoms with Crippen LogP contribution in [0.15, 0.2) is 70.7 Å². The van der Waals surface area contributed by atoms with Crippen LogP contribution in [0.1, 0.15) is 11.1 Å². The monoisotopic (exact) mass is 333 g/mol. The van der Waals surface area contributed by atoms with Gasteiger partial charge in [-0.2, -0.15) is 4.98 Å². The van der Waals surface area contributed by atoms with Gasteiger partial charge >= 0.3 is 5.69 Å². The van der Waals surface area contributed by atoms with Crippen molar-refractivity contribution in [3.63, 3.8) is 0 Å². The Morgan fingerprint density at radius 1 is 1.00 bits per heavy atom. The van der Waals surface area contributed by atoms with Crippen LogP contribution in [0, 0.1) is 6.92 Å². The largest absolute Gasteiger partial charge is 0.355 e. The molecule has 0 unspecified atom stereocenters. The molecule has 0 bridgehead atoms. The lowest BCUT2D eigenvalue weighted by Gasteiger charge is -2.07. The number of fused-ring (bicyclic) bond motifs is 2. The predicted molar refractivity (Wildman–Crippen MR) is 97.5 cm³/mol. The molecular formula is C19H15N3OS. The van der Waals surface area contributed by atoms with E-state index >= 15 is 0 Å². The lowest BCUT2D eigenvalue weighted by Crippen LogP contribution is -2.19. The molecule has 0 amide bonds. The zero-order chi connectivity index (χ0) is 16.5. The molecule has 0 saturated heterocycles. The van der Waals surface area contributed by atoms with Crippen LogP contribution in [0.4, 0.5) is 0 Å². The first-order valence-corrected chi connectivity index (χ1v) is 8.66. The van der Waals surface area contributed by atoms with E-state index < -0.39 is 0 Å². The number of pyridine rings is 1. The van der Waals surface area contributed by atoms with Gasteiger partial charge in [0.15, 0.2) is 5.16 Å². The van der Waals surface area contributed by atoms with Gasteiger partial charge in [0.05, 0.1) is 0 Å². The number of hydrogen-bond acceptors (Lipinski definition) is 4. The zero-order valence-electron chi connectivity index (χ0n) is 13.1. The van der Waals surface area contributed by atoms with Gasteiger partial charge in [-0.15, -0.1) is 0 Å². The summed E-state index contributed by atoms with van der Waals surface area (Å²) >= 11 is 1.49. The Morgan fingerprint density at radius 2 is 1.83 bits per heavy atom. The molecule has 0 radical (unpaired) electrons. The van der Waals surface area contributed by atoms with E-state index in [-0.39, 0.29) is 5.69 Å². The van der Waals surface area contributed by atoms with Gasteiger partial charge in [-0.25, -0.2) is 9.78 Å². The molecule has 5 heteroatoms. The van der Waals surface area contributed by atoms with Crippen LogP contribution in [0.25, 0.3) is 16.4 Å². The second-order valence-corrected chi connectivity index (χ2v) is 6.54. The molecule has 0 atom stereocenters. The highest BCUT2D eigenvalue weighted by molar-refractivity contribution is 7.98. The number of aromatic nitrogens is 3. The number of hydrogen-bond donors (Lipinski definition) is 0. The maximum Gasteiger partial charge on any atom is 0.355 e. The summed E-state index contributed by atoms with van der Waals surface area (Å²) in [4.78, 5) is 20.8. The fourth-order valence-electron chi connectivity index (χ4n) is 2.78. The third-order valence-corrected chi connectivity index (χ3v) is 4.89. The molecule has 4 nitrogen and oxygen atoms in total. The van der Waals surface area contributed by atoms with Crippen molar-refractivity contribution in [1.82, 2.24) is 14.4 Å². The van der Waals surface area contributed by atoms with E-state index in [0.29, 0.717) is 10.8 Å². The normalized spacial score (nSPS) is 11.2. The minimum absolute atomic E-state index is 0.288. The minimum atomic E-state index is -0.288. The Kier molecular flexibility index (Phi) is 3.78. The predicted octanol–water partition coefficient (Wildman–Crippen LogP) is 3.84. The molecule has 0 saturated carbocycles. The summed E-state index contributed by atoms with van der Waals surface area (Å²) in [6.07, 6.45) is 1.70. The van der Waals surface area contributed by atoms with E-state index in [4.69, 9.17) is 0 Å². The van der Waals surface area contributed by atoms with Crippen LogP contribution in [-0.2, 0) is 5.75 Å². The van der Waals surface area contributed by atoms with Crippen LogP contribution in [-0.4, -0.2) is 14.4 Å². The van der Waals surface area contributed by atoms with Gasteiger partial charge in [-0.05, 0) is 34.9 Å². The van der Waals surface area contributed by atoms with Gasteiger partial charge in [0.25, 0.3) is 0 Å². The number of aryl methyl sites for hydroxylation is 1. The number of nitrogens with zero attached hydrogens (tertiary/aromatic N) is 3. The molecule has 4 rings (SSSR count). The smallest absolute Gasteiger partial charge is 0.251 e. The van der Waals surface area contributed by atoms with Gasteiger partial charge in [-0.3, -0.25) is 4.40 Å². The molecule has 2 aromatic heterocycles. The van der Waals surface area contributed by atoms with Crippen molar-refractivity contribution in [2.24, 2.45) is 0 Å². The maximum atomic E-state index is 12.2. The lowest BCUT2D eigenvalue weighted by molar-refractivity contribution is 0.842. The fraction of sp³-hybridized carbons (Fsp3) is 0.105. The van der Waals surface area contributed by atoms with E-state index in [1.165, 1.54) is 32.5 Å². The van der Waals surface area contributed by atoms with E-state index in [1.807, 2.05) is 31.2 Å². The Hall–Kier alpha value is -2.66. The van der Waals surface area contributed by atoms with Gasteiger partial charge < -0.3 is 0 Å². The van der Waals surface area contributed by atoms with Crippen LogP contribution >= 0.6 is 11.8 Å². The summed E-state index contributed by atoms with van der Waals surface area (Å²) in [5.41, 5.74) is 2.55. The topological polar surface area (TPSA) is 47.3 Å². The zero-order valence-corrected chi connectivity index (χ0v) is 14.0. The highest BCUT2D eigenvalue weighted by Gasteiger charge is 2.08. The maximum absolute atomic E-state index is 12.2. The third kappa shape index (κ3) is 2.67. The summed E-state index contributed by atoms with van der Waals surface area (Å²) < 4.78 is 1.48. The number of benzene rings is 2. The van der Waals surface area contributed by atoms with E-state index in [9.17, 15) is 4.79 Å². The van der Waals surface area contributed by atoms with Crippen molar-refractivity contribution < 1.29 is 0 Å². The molecule has 118 valence electrons. The molecule has 0 N–H and O–H groups in total. The molecule has 24 heavy (non-hydrogen) atoms. The van der Waals surface area contributed by atoms with Crippen molar-refractivity contribution in [1.29, 1.82) is 0 Å². The van der Waals surface area contributed by atoms with Crippen molar-refractivity contribution in [3.05, 3.63) is 82.4 Å². The van der Waals surface area contributed by atoms with Crippen LogP contribution in [0.2, 0.25) is 0 Å². The van der Waals surface area contributed by atoms with Crippen molar-refractivity contribution >= 4 is 28.2 Å². The molecule has 0 aliphatic heterocycles. The van der Waals surface area contributed by atoms with Crippen LogP contribution in [0.5, 0.6) is 0 Å². The highest BCUT2D eigenvalue weighted by Crippen LogP contribution is 2.25.